The first-order valence-electron chi connectivity index (χ1n) is 3.90. The Hall–Kier alpha value is -0.260. The van der Waals surface area contributed by atoms with Gasteiger partial charge in [-0.05, 0) is 38.5 Å². The normalized spacial score (nSPS) is 38.8. The molecule has 2 aliphatic rings. The fourth-order valence-corrected chi connectivity index (χ4v) is 2.17. The second-order valence-corrected chi connectivity index (χ2v) is 3.23. The molecule has 2 rings (SSSR count). The highest BCUT2D eigenvalue weighted by Gasteiger charge is 2.34. The Balaban J connectivity index is 2.18. The maximum absolute atomic E-state index is 2.30. The summed E-state index contributed by atoms with van der Waals surface area (Å²) in [6, 6.07) is 0. The van der Waals surface area contributed by atoms with Gasteiger partial charge in [-0.1, -0.05) is 11.6 Å². The molecule has 0 amide bonds. The van der Waals surface area contributed by atoms with Crippen LogP contribution in [0.2, 0.25) is 0 Å². The van der Waals surface area contributed by atoms with Gasteiger partial charge in [0, 0.05) is 5.92 Å². The van der Waals surface area contributed by atoms with E-state index in [9.17, 15) is 0 Å². The van der Waals surface area contributed by atoms with Crippen LogP contribution in [0.15, 0.2) is 11.6 Å². The molecule has 0 heteroatoms. The van der Waals surface area contributed by atoms with Crippen molar-refractivity contribution in [2.24, 2.45) is 5.92 Å². The number of rotatable bonds is 0. The largest absolute Gasteiger partial charge is 0.0879 e. The van der Waals surface area contributed by atoms with Gasteiger partial charge in [-0.2, -0.15) is 0 Å². The molecule has 0 aromatic heterocycles. The van der Waals surface area contributed by atoms with Crippen molar-refractivity contribution in [3.63, 3.8) is 0 Å². The van der Waals surface area contributed by atoms with E-state index in [1.807, 2.05) is 0 Å². The predicted octanol–water partition coefficient (Wildman–Crippen LogP) is 2.71. The minimum atomic E-state index is 1.05. The molecule has 0 N–H and O–H groups in total. The van der Waals surface area contributed by atoms with Gasteiger partial charge in [0.05, 0.1) is 0 Å². The van der Waals surface area contributed by atoms with Crippen LogP contribution in [0.4, 0.5) is 0 Å². The van der Waals surface area contributed by atoms with Gasteiger partial charge < -0.3 is 0 Å². The Kier molecular flexibility index (Phi) is 1.14. The van der Waals surface area contributed by atoms with Crippen molar-refractivity contribution in [1.82, 2.24) is 0 Å². The molecule has 0 aliphatic heterocycles. The highest BCUT2D eigenvalue weighted by molar-refractivity contribution is 5.32. The topological polar surface area (TPSA) is 0 Å². The molecule has 0 aromatic rings. The summed E-state index contributed by atoms with van der Waals surface area (Å²) >= 11 is 0. The van der Waals surface area contributed by atoms with Gasteiger partial charge in [-0.3, -0.25) is 0 Å². The lowest BCUT2D eigenvalue weighted by Crippen LogP contribution is -1.95. The number of fused-ring (bicyclic) bond motifs is 2. The maximum Gasteiger partial charge on any atom is 0.000840 e. The summed E-state index contributed by atoms with van der Waals surface area (Å²) in [7, 11) is 0. The van der Waals surface area contributed by atoms with Crippen LogP contribution in [0.25, 0.3) is 0 Å². The van der Waals surface area contributed by atoms with Crippen LogP contribution in [0, 0.1) is 11.8 Å². The first-order chi connectivity index (χ1) is 4.40. The van der Waals surface area contributed by atoms with Crippen LogP contribution in [0.3, 0.4) is 0 Å². The van der Waals surface area contributed by atoms with Crippen molar-refractivity contribution in [1.29, 1.82) is 0 Å². The molecule has 9 heavy (non-hydrogen) atoms. The van der Waals surface area contributed by atoms with Crippen LogP contribution in [-0.2, 0) is 0 Å². The monoisotopic (exact) mass is 121 g/mol. The van der Waals surface area contributed by atoms with E-state index in [2.05, 4.69) is 13.0 Å². The zero-order valence-corrected chi connectivity index (χ0v) is 5.98. The van der Waals surface area contributed by atoms with Crippen molar-refractivity contribution < 1.29 is 0 Å². The van der Waals surface area contributed by atoms with Crippen molar-refractivity contribution in [3.05, 3.63) is 17.6 Å². The molecule has 1 radical (unpaired) electrons. The molecule has 1 atom stereocenters. The molecule has 2 saturated carbocycles. The van der Waals surface area contributed by atoms with Crippen LogP contribution >= 0.6 is 0 Å². The van der Waals surface area contributed by atoms with Crippen LogP contribution < -0.4 is 0 Å². The van der Waals surface area contributed by atoms with Crippen molar-refractivity contribution >= 4 is 0 Å². The van der Waals surface area contributed by atoms with Crippen molar-refractivity contribution in [2.45, 2.75) is 32.6 Å². The molecule has 0 saturated heterocycles. The molecule has 2 aliphatic carbocycles. The Morgan fingerprint density at radius 1 is 1.44 bits per heavy atom. The molecule has 0 heterocycles. The molecule has 0 aromatic carbocycles. The van der Waals surface area contributed by atoms with Crippen molar-refractivity contribution in [3.8, 4) is 0 Å². The Bertz CT molecular complexity index is 144. The van der Waals surface area contributed by atoms with Gasteiger partial charge >= 0.3 is 0 Å². The summed E-state index contributed by atoms with van der Waals surface area (Å²) < 4.78 is 0. The Morgan fingerprint density at radius 2 is 2.33 bits per heavy atom. The second-order valence-electron chi connectivity index (χ2n) is 3.23. The van der Waals surface area contributed by atoms with Crippen LogP contribution in [0.1, 0.15) is 32.6 Å². The smallest absolute Gasteiger partial charge is 0.000840 e. The average Bonchev–Trinajstić information content (AvgIpc) is 2.45. The Labute approximate surface area is 57.0 Å². The summed E-state index contributed by atoms with van der Waals surface area (Å²) in [5, 5.41) is 0. The minimum absolute atomic E-state index is 1.05. The van der Waals surface area contributed by atoms with Gasteiger partial charge in [0.1, 0.15) is 0 Å². The summed E-state index contributed by atoms with van der Waals surface area (Å²) in [5.41, 5.74) is 1.67. The first-order valence-corrected chi connectivity index (χ1v) is 3.90. The summed E-state index contributed by atoms with van der Waals surface area (Å²) in [4.78, 5) is 0. The fraction of sp³-hybridized carbons (Fsp3) is 0.667. The molecule has 2 bridgehead atoms. The summed E-state index contributed by atoms with van der Waals surface area (Å²) in [5.74, 6) is 2.81. The standard InChI is InChI=1S/C9H13/c1-2-8-5-7-3-4-9(8)6-7/h2,7H,3-6H2,1H3. The average molecular weight is 121 g/mol. The molecule has 2 fully saturated rings. The van der Waals surface area contributed by atoms with E-state index in [1.165, 1.54) is 25.7 Å². The highest BCUT2D eigenvalue weighted by Crippen LogP contribution is 2.49. The Morgan fingerprint density at radius 3 is 2.67 bits per heavy atom. The third kappa shape index (κ3) is 0.726. The van der Waals surface area contributed by atoms with Gasteiger partial charge in [-0.25, -0.2) is 0 Å². The summed E-state index contributed by atoms with van der Waals surface area (Å²) in [6.07, 6.45) is 8.01. The quantitative estimate of drug-likeness (QED) is 0.462. The molecular weight excluding hydrogens is 108 g/mol. The second kappa shape index (κ2) is 1.86. The SMILES string of the molecule is CC=C1CC2CC[C]1C2. The van der Waals surface area contributed by atoms with E-state index in [-0.39, 0.29) is 0 Å². The van der Waals surface area contributed by atoms with E-state index in [0.717, 1.165) is 5.92 Å². The number of hydrogen-bond acceptors (Lipinski definition) is 0. The van der Waals surface area contributed by atoms with Gasteiger partial charge in [0.2, 0.25) is 0 Å². The van der Waals surface area contributed by atoms with Crippen LogP contribution in [-0.4, -0.2) is 0 Å². The lowest BCUT2D eigenvalue weighted by molar-refractivity contribution is 0.569. The first kappa shape index (κ1) is 5.52. The highest BCUT2D eigenvalue weighted by atomic mass is 14.4. The lowest BCUT2D eigenvalue weighted by atomic mass is 9.95. The molecule has 0 spiro atoms. The van der Waals surface area contributed by atoms with Crippen LogP contribution in [0.5, 0.6) is 0 Å². The molecule has 49 valence electrons. The third-order valence-corrected chi connectivity index (χ3v) is 2.70. The van der Waals surface area contributed by atoms with E-state index in [1.54, 1.807) is 11.5 Å². The van der Waals surface area contributed by atoms with E-state index >= 15 is 0 Å². The maximum atomic E-state index is 2.30. The van der Waals surface area contributed by atoms with Gasteiger partial charge in [0.15, 0.2) is 0 Å². The minimum Gasteiger partial charge on any atom is -0.0879 e. The number of hydrogen-bond donors (Lipinski definition) is 0. The predicted molar refractivity (Wildman–Crippen MR) is 39.0 cm³/mol. The van der Waals surface area contributed by atoms with Crippen molar-refractivity contribution in [2.75, 3.05) is 0 Å². The van der Waals surface area contributed by atoms with E-state index < -0.39 is 0 Å². The zero-order chi connectivity index (χ0) is 6.27. The fourth-order valence-electron chi connectivity index (χ4n) is 2.17. The summed E-state index contributed by atoms with van der Waals surface area (Å²) in [6.45, 7) is 2.17. The van der Waals surface area contributed by atoms with E-state index in [4.69, 9.17) is 0 Å². The van der Waals surface area contributed by atoms with Gasteiger partial charge in [0.25, 0.3) is 0 Å². The third-order valence-electron chi connectivity index (χ3n) is 2.70. The van der Waals surface area contributed by atoms with E-state index in [0.29, 0.717) is 0 Å². The van der Waals surface area contributed by atoms with Gasteiger partial charge in [-0.15, -0.1) is 0 Å². The zero-order valence-electron chi connectivity index (χ0n) is 5.98. The lowest BCUT2D eigenvalue weighted by Gasteiger charge is -2.10. The molecule has 1 unspecified atom stereocenters. The molecular formula is C9H13. The number of allylic oxidation sites excluding steroid dienone is 2. The molecule has 0 nitrogen and oxygen atoms in total.